The molecule has 0 atom stereocenters. The molecule has 0 aliphatic carbocycles. The highest BCUT2D eigenvalue weighted by molar-refractivity contribution is 9.09. The van der Waals surface area contributed by atoms with Gasteiger partial charge in [0.1, 0.15) is 0 Å². The second-order valence-corrected chi connectivity index (χ2v) is 4.25. The Morgan fingerprint density at radius 2 is 2.07 bits per heavy atom. The molecule has 2 nitrogen and oxygen atoms in total. The molecule has 0 spiro atoms. The van der Waals surface area contributed by atoms with Gasteiger partial charge in [0.15, 0.2) is 0 Å². The monoisotopic (exact) mass is 258 g/mol. The number of hydrogen-bond donors (Lipinski definition) is 0. The first-order valence-electron chi connectivity index (χ1n) is 5.43. The average molecular weight is 259 g/mol. The van der Waals surface area contributed by atoms with Crippen LogP contribution in [0.15, 0.2) is 6.07 Å². The maximum Gasteiger partial charge on any atom is 0.0624 e. The summed E-state index contributed by atoms with van der Waals surface area (Å²) in [6.45, 7) is 5.41. The molecular weight excluding hydrogens is 240 g/mol. The third-order valence-electron chi connectivity index (χ3n) is 2.39. The summed E-state index contributed by atoms with van der Waals surface area (Å²) in [6, 6.07) is 2.23. The fraction of sp³-hybridized carbons (Fsp3) is 0.727. The maximum atomic E-state index is 4.57. The summed E-state index contributed by atoms with van der Waals surface area (Å²) in [4.78, 5) is 0. The molecule has 0 bridgehead atoms. The van der Waals surface area contributed by atoms with Crippen LogP contribution in [0.4, 0.5) is 0 Å². The molecule has 0 radical (unpaired) electrons. The number of nitrogens with zero attached hydrogens (tertiary/aromatic N) is 2. The summed E-state index contributed by atoms with van der Waals surface area (Å²) in [5.41, 5.74) is 2.59. The largest absolute Gasteiger partial charge is 0.269 e. The zero-order valence-electron chi connectivity index (χ0n) is 9.09. The second-order valence-electron chi connectivity index (χ2n) is 3.45. The lowest BCUT2D eigenvalue weighted by atomic mass is 10.2. The third kappa shape index (κ3) is 3.12. The van der Waals surface area contributed by atoms with Crippen molar-refractivity contribution in [2.45, 2.75) is 46.1 Å². The van der Waals surface area contributed by atoms with Crippen molar-refractivity contribution in [1.82, 2.24) is 9.78 Å². The van der Waals surface area contributed by atoms with Crippen LogP contribution >= 0.6 is 15.9 Å². The Balaban J connectivity index is 2.59. The van der Waals surface area contributed by atoms with Crippen molar-refractivity contribution in [3.63, 3.8) is 0 Å². The van der Waals surface area contributed by atoms with E-state index in [2.05, 4.69) is 45.6 Å². The Morgan fingerprint density at radius 3 is 2.64 bits per heavy atom. The van der Waals surface area contributed by atoms with Gasteiger partial charge in [-0.05, 0) is 31.7 Å². The summed E-state index contributed by atoms with van der Waals surface area (Å²) in [7, 11) is 0. The van der Waals surface area contributed by atoms with E-state index >= 15 is 0 Å². The predicted octanol–water partition coefficient (Wildman–Crippen LogP) is 3.18. The van der Waals surface area contributed by atoms with Gasteiger partial charge in [0.2, 0.25) is 0 Å². The highest BCUT2D eigenvalue weighted by atomic mass is 79.9. The first-order chi connectivity index (χ1) is 6.81. The van der Waals surface area contributed by atoms with Crippen molar-refractivity contribution >= 4 is 15.9 Å². The topological polar surface area (TPSA) is 17.8 Å². The van der Waals surface area contributed by atoms with Crippen molar-refractivity contribution in [2.24, 2.45) is 0 Å². The quantitative estimate of drug-likeness (QED) is 0.566. The molecule has 1 aromatic heterocycles. The van der Waals surface area contributed by atoms with Crippen LogP contribution in [0.2, 0.25) is 0 Å². The number of unbranched alkanes of at least 4 members (excludes halogenated alkanes) is 1. The molecule has 0 aromatic carbocycles. The van der Waals surface area contributed by atoms with Crippen molar-refractivity contribution in [2.75, 3.05) is 5.33 Å². The van der Waals surface area contributed by atoms with E-state index in [9.17, 15) is 0 Å². The van der Waals surface area contributed by atoms with Crippen LogP contribution < -0.4 is 0 Å². The fourth-order valence-electron chi connectivity index (χ4n) is 1.52. The molecule has 0 aliphatic heterocycles. The molecule has 0 unspecified atom stereocenters. The molecule has 0 amide bonds. The number of hydrogen-bond acceptors (Lipinski definition) is 1. The summed E-state index contributed by atoms with van der Waals surface area (Å²) < 4.78 is 2.17. The molecule has 0 fully saturated rings. The number of alkyl halides is 1. The van der Waals surface area contributed by atoms with E-state index in [0.717, 1.165) is 24.7 Å². The minimum Gasteiger partial charge on any atom is -0.269 e. The van der Waals surface area contributed by atoms with Crippen LogP contribution in [0.1, 0.15) is 38.1 Å². The van der Waals surface area contributed by atoms with Crippen LogP contribution in [0.3, 0.4) is 0 Å². The molecule has 3 heteroatoms. The Labute approximate surface area is 94.8 Å². The van der Waals surface area contributed by atoms with E-state index in [1.165, 1.54) is 24.2 Å². The zero-order valence-corrected chi connectivity index (χ0v) is 10.7. The van der Waals surface area contributed by atoms with Gasteiger partial charge in [0, 0.05) is 17.6 Å². The van der Waals surface area contributed by atoms with E-state index in [1.807, 2.05) is 0 Å². The normalized spacial score (nSPS) is 10.8. The van der Waals surface area contributed by atoms with Gasteiger partial charge in [-0.15, -0.1) is 0 Å². The number of aromatic nitrogens is 2. The zero-order chi connectivity index (χ0) is 10.4. The van der Waals surface area contributed by atoms with Gasteiger partial charge >= 0.3 is 0 Å². The molecule has 1 aromatic rings. The summed E-state index contributed by atoms with van der Waals surface area (Å²) in [5.74, 6) is 0. The van der Waals surface area contributed by atoms with Crippen LogP contribution in [-0.2, 0) is 19.4 Å². The molecule has 0 aliphatic rings. The van der Waals surface area contributed by atoms with Crippen molar-refractivity contribution in [3.05, 3.63) is 17.5 Å². The number of aryl methyl sites for hydroxylation is 3. The van der Waals surface area contributed by atoms with Gasteiger partial charge in [-0.3, -0.25) is 4.68 Å². The third-order valence-corrected chi connectivity index (χ3v) is 2.95. The molecule has 0 saturated heterocycles. The Hall–Kier alpha value is -0.310. The summed E-state index contributed by atoms with van der Waals surface area (Å²) in [6.07, 6.45) is 4.56. The van der Waals surface area contributed by atoms with E-state index in [0.29, 0.717) is 0 Å². The lowest BCUT2D eigenvalue weighted by Crippen LogP contribution is -2.04. The maximum absolute atomic E-state index is 4.57. The lowest BCUT2D eigenvalue weighted by Gasteiger charge is -2.04. The fourth-order valence-corrected chi connectivity index (χ4v) is 1.92. The molecule has 1 heterocycles. The van der Waals surface area contributed by atoms with Gasteiger partial charge in [0.25, 0.3) is 0 Å². The lowest BCUT2D eigenvalue weighted by molar-refractivity contribution is 0.548. The Kier molecular flexibility index (Phi) is 5.23. The molecule has 0 N–H and O–H groups in total. The van der Waals surface area contributed by atoms with E-state index < -0.39 is 0 Å². The Morgan fingerprint density at radius 1 is 1.29 bits per heavy atom. The SMILES string of the molecule is CCc1cc(CC)n(CCCCBr)n1. The predicted molar refractivity (Wildman–Crippen MR) is 64.0 cm³/mol. The van der Waals surface area contributed by atoms with Crippen LogP contribution in [0, 0.1) is 0 Å². The first kappa shape index (κ1) is 11.8. The second kappa shape index (κ2) is 6.23. The van der Waals surface area contributed by atoms with Gasteiger partial charge in [-0.1, -0.05) is 29.8 Å². The van der Waals surface area contributed by atoms with E-state index in [-0.39, 0.29) is 0 Å². The van der Waals surface area contributed by atoms with E-state index in [4.69, 9.17) is 0 Å². The van der Waals surface area contributed by atoms with Crippen molar-refractivity contribution in [3.8, 4) is 0 Å². The minimum atomic E-state index is 1.04. The standard InChI is InChI=1S/C11H19BrN2/c1-3-10-9-11(4-2)14(13-10)8-6-5-7-12/h9H,3-8H2,1-2H3. The highest BCUT2D eigenvalue weighted by Gasteiger charge is 2.03. The van der Waals surface area contributed by atoms with Crippen molar-refractivity contribution in [1.29, 1.82) is 0 Å². The van der Waals surface area contributed by atoms with Gasteiger partial charge in [-0.25, -0.2) is 0 Å². The summed E-state index contributed by atoms with van der Waals surface area (Å²) in [5, 5.41) is 5.67. The average Bonchev–Trinajstić information content (AvgIpc) is 2.61. The molecule has 80 valence electrons. The molecule has 14 heavy (non-hydrogen) atoms. The molecule has 1 rings (SSSR count). The molecule has 0 saturated carbocycles. The van der Waals surface area contributed by atoms with Crippen LogP contribution in [-0.4, -0.2) is 15.1 Å². The van der Waals surface area contributed by atoms with Gasteiger partial charge < -0.3 is 0 Å². The van der Waals surface area contributed by atoms with E-state index in [1.54, 1.807) is 0 Å². The smallest absolute Gasteiger partial charge is 0.0624 e. The number of rotatable bonds is 6. The van der Waals surface area contributed by atoms with Gasteiger partial charge in [-0.2, -0.15) is 5.10 Å². The number of halogens is 1. The minimum absolute atomic E-state index is 1.04. The van der Waals surface area contributed by atoms with Crippen molar-refractivity contribution < 1.29 is 0 Å². The van der Waals surface area contributed by atoms with Crippen LogP contribution in [0.5, 0.6) is 0 Å². The van der Waals surface area contributed by atoms with Gasteiger partial charge in [0.05, 0.1) is 5.69 Å². The highest BCUT2D eigenvalue weighted by Crippen LogP contribution is 2.08. The van der Waals surface area contributed by atoms with Crippen LogP contribution in [0.25, 0.3) is 0 Å². The molecular formula is C11H19BrN2. The first-order valence-corrected chi connectivity index (χ1v) is 6.55. The summed E-state index contributed by atoms with van der Waals surface area (Å²) >= 11 is 3.45. The Bertz CT molecular complexity index is 268.